The molecule has 1 heterocycles. The van der Waals surface area contributed by atoms with Crippen molar-refractivity contribution in [3.8, 4) is 0 Å². The Bertz CT molecular complexity index is 184. The van der Waals surface area contributed by atoms with E-state index >= 15 is 0 Å². The van der Waals surface area contributed by atoms with Crippen LogP contribution in [0.25, 0.3) is 0 Å². The van der Waals surface area contributed by atoms with Crippen LogP contribution in [-0.4, -0.2) is 37.8 Å². The smallest absolute Gasteiger partial charge is 0.157 e. The normalized spacial score (nSPS) is 22.0. The molecule has 0 aromatic heterocycles. The van der Waals surface area contributed by atoms with E-state index in [9.17, 15) is 5.11 Å². The first-order chi connectivity index (χ1) is 8.86. The van der Waals surface area contributed by atoms with Gasteiger partial charge in [0.2, 0.25) is 0 Å². The standard InChI is InChI=1S/C14H29NO3/c15-9-3-1-6-13(12-16)7-5-11-18-14-8-2-4-10-17-14/h13-14,16H,1-12,15H2. The summed E-state index contributed by atoms with van der Waals surface area (Å²) in [5.41, 5.74) is 5.46. The molecule has 4 heteroatoms. The molecule has 3 N–H and O–H groups in total. The van der Waals surface area contributed by atoms with Gasteiger partial charge >= 0.3 is 0 Å². The van der Waals surface area contributed by atoms with E-state index in [0.717, 1.165) is 64.7 Å². The second-order valence-electron chi connectivity index (χ2n) is 5.14. The number of rotatable bonds is 10. The van der Waals surface area contributed by atoms with Gasteiger partial charge in [-0.15, -0.1) is 0 Å². The minimum Gasteiger partial charge on any atom is -0.396 e. The highest BCUT2D eigenvalue weighted by Crippen LogP contribution is 2.17. The van der Waals surface area contributed by atoms with Gasteiger partial charge in [0.25, 0.3) is 0 Å². The lowest BCUT2D eigenvalue weighted by Gasteiger charge is -2.23. The Morgan fingerprint density at radius 2 is 2.06 bits per heavy atom. The number of hydrogen-bond acceptors (Lipinski definition) is 4. The summed E-state index contributed by atoms with van der Waals surface area (Å²) in [5.74, 6) is 0.410. The second-order valence-corrected chi connectivity index (χ2v) is 5.14. The molecular weight excluding hydrogens is 230 g/mol. The maximum atomic E-state index is 9.28. The number of nitrogens with two attached hydrogens (primary N) is 1. The van der Waals surface area contributed by atoms with E-state index in [0.29, 0.717) is 5.92 Å². The van der Waals surface area contributed by atoms with Crippen LogP contribution in [-0.2, 0) is 9.47 Å². The average Bonchev–Trinajstić information content (AvgIpc) is 2.43. The molecule has 4 nitrogen and oxygen atoms in total. The number of aliphatic hydroxyl groups is 1. The molecule has 0 aliphatic carbocycles. The molecule has 0 saturated carbocycles. The average molecular weight is 259 g/mol. The van der Waals surface area contributed by atoms with Gasteiger partial charge in [0.05, 0.1) is 0 Å². The zero-order valence-corrected chi connectivity index (χ0v) is 11.5. The fourth-order valence-corrected chi connectivity index (χ4v) is 2.33. The Morgan fingerprint density at radius 1 is 1.22 bits per heavy atom. The number of hydrogen-bond donors (Lipinski definition) is 2. The van der Waals surface area contributed by atoms with Crippen LogP contribution in [0.15, 0.2) is 0 Å². The Kier molecular flexibility index (Phi) is 9.48. The zero-order chi connectivity index (χ0) is 13.1. The number of ether oxygens (including phenoxy) is 2. The van der Waals surface area contributed by atoms with Gasteiger partial charge in [-0.25, -0.2) is 0 Å². The highest BCUT2D eigenvalue weighted by Gasteiger charge is 2.14. The Hall–Kier alpha value is -0.160. The summed E-state index contributed by atoms with van der Waals surface area (Å²) in [5, 5.41) is 9.28. The molecule has 1 rings (SSSR count). The van der Waals surface area contributed by atoms with E-state index in [4.69, 9.17) is 15.2 Å². The summed E-state index contributed by atoms with van der Waals surface area (Å²) in [6.45, 7) is 2.62. The lowest BCUT2D eigenvalue weighted by molar-refractivity contribution is -0.163. The summed E-state index contributed by atoms with van der Waals surface area (Å²) < 4.78 is 11.2. The van der Waals surface area contributed by atoms with Crippen LogP contribution in [0, 0.1) is 5.92 Å². The van der Waals surface area contributed by atoms with Crippen LogP contribution >= 0.6 is 0 Å². The molecule has 0 aromatic rings. The fraction of sp³-hybridized carbons (Fsp3) is 1.00. The SMILES string of the molecule is NCCCCC(CO)CCCOC1CCCCO1. The highest BCUT2D eigenvalue weighted by molar-refractivity contribution is 4.59. The van der Waals surface area contributed by atoms with Gasteiger partial charge in [-0.05, 0) is 57.4 Å². The van der Waals surface area contributed by atoms with E-state index in [-0.39, 0.29) is 12.9 Å². The third kappa shape index (κ3) is 7.31. The van der Waals surface area contributed by atoms with Crippen molar-refractivity contribution >= 4 is 0 Å². The van der Waals surface area contributed by atoms with Crippen LogP contribution in [0.5, 0.6) is 0 Å². The lowest BCUT2D eigenvalue weighted by atomic mass is 9.98. The molecule has 1 fully saturated rings. The molecule has 1 aliphatic heterocycles. The maximum Gasteiger partial charge on any atom is 0.157 e. The molecule has 0 radical (unpaired) electrons. The van der Waals surface area contributed by atoms with Crippen LogP contribution in [0.2, 0.25) is 0 Å². The Balaban J connectivity index is 1.96. The first-order valence-electron chi connectivity index (χ1n) is 7.41. The van der Waals surface area contributed by atoms with E-state index in [1.807, 2.05) is 0 Å². The fourth-order valence-electron chi connectivity index (χ4n) is 2.33. The van der Waals surface area contributed by atoms with Crippen molar-refractivity contribution in [1.29, 1.82) is 0 Å². The van der Waals surface area contributed by atoms with Crippen LogP contribution in [0.4, 0.5) is 0 Å². The Morgan fingerprint density at radius 3 is 2.72 bits per heavy atom. The summed E-state index contributed by atoms with van der Waals surface area (Å²) >= 11 is 0. The molecule has 0 bridgehead atoms. The molecule has 0 aromatic carbocycles. The van der Waals surface area contributed by atoms with Gasteiger partial charge in [-0.1, -0.05) is 6.42 Å². The molecule has 0 amide bonds. The van der Waals surface area contributed by atoms with Crippen molar-refractivity contribution in [2.75, 3.05) is 26.4 Å². The molecule has 2 unspecified atom stereocenters. The monoisotopic (exact) mass is 259 g/mol. The highest BCUT2D eigenvalue weighted by atomic mass is 16.7. The third-order valence-corrected chi connectivity index (χ3v) is 3.52. The predicted octanol–water partition coefficient (Wildman–Crippen LogP) is 2.05. The van der Waals surface area contributed by atoms with E-state index in [1.54, 1.807) is 0 Å². The molecule has 108 valence electrons. The van der Waals surface area contributed by atoms with Crippen LogP contribution < -0.4 is 5.73 Å². The molecule has 1 saturated heterocycles. The number of aliphatic hydroxyl groups excluding tert-OH is 1. The van der Waals surface area contributed by atoms with Gasteiger partial charge in [0, 0.05) is 19.8 Å². The molecule has 0 spiro atoms. The van der Waals surface area contributed by atoms with Gasteiger partial charge in [-0.3, -0.25) is 0 Å². The van der Waals surface area contributed by atoms with Gasteiger partial charge in [0.15, 0.2) is 6.29 Å². The van der Waals surface area contributed by atoms with Gasteiger partial charge < -0.3 is 20.3 Å². The number of unbranched alkanes of at least 4 members (excludes halogenated alkanes) is 1. The maximum absolute atomic E-state index is 9.28. The van der Waals surface area contributed by atoms with Crippen LogP contribution in [0.1, 0.15) is 51.4 Å². The van der Waals surface area contributed by atoms with Gasteiger partial charge in [-0.2, -0.15) is 0 Å². The first kappa shape index (κ1) is 15.9. The largest absolute Gasteiger partial charge is 0.396 e. The predicted molar refractivity (Wildman–Crippen MR) is 72.3 cm³/mol. The van der Waals surface area contributed by atoms with E-state index < -0.39 is 0 Å². The minimum absolute atomic E-state index is 0.0172. The van der Waals surface area contributed by atoms with Crippen molar-refractivity contribution in [3.05, 3.63) is 0 Å². The quantitative estimate of drug-likeness (QED) is 0.589. The molecule has 1 aliphatic rings. The van der Waals surface area contributed by atoms with Gasteiger partial charge in [0.1, 0.15) is 0 Å². The topological polar surface area (TPSA) is 64.7 Å². The van der Waals surface area contributed by atoms with E-state index in [2.05, 4.69) is 0 Å². The second kappa shape index (κ2) is 10.7. The molecule has 2 atom stereocenters. The van der Waals surface area contributed by atoms with E-state index in [1.165, 1.54) is 6.42 Å². The van der Waals surface area contributed by atoms with Crippen molar-refractivity contribution in [3.63, 3.8) is 0 Å². The minimum atomic E-state index is 0.0172. The summed E-state index contributed by atoms with van der Waals surface area (Å²) in [7, 11) is 0. The summed E-state index contributed by atoms with van der Waals surface area (Å²) in [4.78, 5) is 0. The first-order valence-corrected chi connectivity index (χ1v) is 7.41. The third-order valence-electron chi connectivity index (χ3n) is 3.52. The lowest BCUT2D eigenvalue weighted by Crippen LogP contribution is -2.23. The van der Waals surface area contributed by atoms with Crippen molar-refractivity contribution < 1.29 is 14.6 Å². The van der Waals surface area contributed by atoms with Crippen molar-refractivity contribution in [2.45, 2.75) is 57.7 Å². The van der Waals surface area contributed by atoms with Crippen molar-refractivity contribution in [1.82, 2.24) is 0 Å². The summed E-state index contributed by atoms with van der Waals surface area (Å²) in [6.07, 6.45) is 8.71. The van der Waals surface area contributed by atoms with Crippen molar-refractivity contribution in [2.24, 2.45) is 11.7 Å². The molecule has 18 heavy (non-hydrogen) atoms. The molecular formula is C14H29NO3. The van der Waals surface area contributed by atoms with Crippen LogP contribution in [0.3, 0.4) is 0 Å². The summed E-state index contributed by atoms with van der Waals surface area (Å²) in [6, 6.07) is 0. The Labute approximate surface area is 111 Å². The zero-order valence-electron chi connectivity index (χ0n) is 11.5.